The summed E-state index contributed by atoms with van der Waals surface area (Å²) in [6, 6.07) is 0.253. The van der Waals surface area contributed by atoms with Crippen LogP contribution in [0, 0.1) is 5.92 Å². The number of hydrogen-bond donors (Lipinski definition) is 3. The van der Waals surface area contributed by atoms with Crippen LogP contribution in [0.3, 0.4) is 0 Å². The van der Waals surface area contributed by atoms with Gasteiger partial charge in [0.2, 0.25) is 0 Å². The van der Waals surface area contributed by atoms with Gasteiger partial charge in [0.15, 0.2) is 0 Å². The van der Waals surface area contributed by atoms with Gasteiger partial charge in [0.05, 0.1) is 6.10 Å². The lowest BCUT2D eigenvalue weighted by Crippen LogP contribution is -2.44. The zero-order valence-corrected chi connectivity index (χ0v) is 8.37. The molecule has 0 saturated heterocycles. The second kappa shape index (κ2) is 5.58. The molecule has 0 heterocycles. The summed E-state index contributed by atoms with van der Waals surface area (Å²) >= 11 is 0. The van der Waals surface area contributed by atoms with E-state index < -0.39 is 0 Å². The zero-order chi connectivity index (χ0) is 9.68. The van der Waals surface area contributed by atoms with E-state index in [0.717, 1.165) is 25.8 Å². The summed E-state index contributed by atoms with van der Waals surface area (Å²) in [7, 11) is 0. The van der Waals surface area contributed by atoms with Crippen molar-refractivity contribution in [3.8, 4) is 0 Å². The van der Waals surface area contributed by atoms with Gasteiger partial charge in [-0.3, -0.25) is 0 Å². The molecule has 1 aliphatic carbocycles. The number of nitrogens with one attached hydrogen (secondary N) is 1. The Hall–Kier alpha value is -0.120. The summed E-state index contributed by atoms with van der Waals surface area (Å²) in [5.41, 5.74) is 0. The Morgan fingerprint density at radius 1 is 1.38 bits per heavy atom. The molecule has 3 heteroatoms. The molecule has 0 aromatic carbocycles. The Morgan fingerprint density at radius 2 is 2.08 bits per heavy atom. The van der Waals surface area contributed by atoms with Crippen LogP contribution in [-0.4, -0.2) is 35.5 Å². The van der Waals surface area contributed by atoms with Gasteiger partial charge in [-0.2, -0.15) is 0 Å². The van der Waals surface area contributed by atoms with Crippen LogP contribution in [-0.2, 0) is 0 Å². The van der Waals surface area contributed by atoms with Gasteiger partial charge in [0.25, 0.3) is 0 Å². The number of aliphatic hydroxyl groups is 2. The van der Waals surface area contributed by atoms with Crippen LogP contribution in [0.4, 0.5) is 0 Å². The Labute approximate surface area is 80.2 Å². The first-order valence-corrected chi connectivity index (χ1v) is 5.26. The van der Waals surface area contributed by atoms with Crippen molar-refractivity contribution in [3.63, 3.8) is 0 Å². The molecule has 0 radical (unpaired) electrons. The Morgan fingerprint density at radius 3 is 2.69 bits per heavy atom. The van der Waals surface area contributed by atoms with E-state index in [2.05, 4.69) is 5.32 Å². The van der Waals surface area contributed by atoms with Crippen LogP contribution >= 0.6 is 0 Å². The molecule has 3 nitrogen and oxygen atoms in total. The molecule has 1 unspecified atom stereocenters. The van der Waals surface area contributed by atoms with Gasteiger partial charge in [-0.1, -0.05) is 19.8 Å². The highest BCUT2D eigenvalue weighted by Gasteiger charge is 2.22. The second-order valence-electron chi connectivity index (χ2n) is 4.15. The molecule has 0 spiro atoms. The minimum atomic E-state index is -0.181. The fourth-order valence-corrected chi connectivity index (χ4v) is 1.77. The summed E-state index contributed by atoms with van der Waals surface area (Å²) < 4.78 is 0. The van der Waals surface area contributed by atoms with E-state index in [4.69, 9.17) is 5.11 Å². The third-order valence-electron chi connectivity index (χ3n) is 2.77. The standard InChI is InChI=1S/C10H21NO2/c1-8(7-12)6-11-9-4-2-3-5-10(9)13/h8-13H,2-7H2,1H3/t8?,9-,10-/m0/s1. The van der Waals surface area contributed by atoms with E-state index >= 15 is 0 Å². The fourth-order valence-electron chi connectivity index (χ4n) is 1.77. The minimum absolute atomic E-state index is 0.181. The Kier molecular flexibility index (Phi) is 4.70. The first-order valence-electron chi connectivity index (χ1n) is 5.26. The van der Waals surface area contributed by atoms with Crippen molar-refractivity contribution in [1.29, 1.82) is 0 Å². The highest BCUT2D eigenvalue weighted by Crippen LogP contribution is 2.18. The molecule has 0 bridgehead atoms. The minimum Gasteiger partial charge on any atom is -0.396 e. The molecule has 1 rings (SSSR count). The third-order valence-corrected chi connectivity index (χ3v) is 2.77. The molecular formula is C10H21NO2. The lowest BCUT2D eigenvalue weighted by atomic mass is 9.92. The van der Waals surface area contributed by atoms with E-state index in [0.29, 0.717) is 0 Å². The summed E-state index contributed by atoms with van der Waals surface area (Å²) in [5.74, 6) is 0.286. The largest absolute Gasteiger partial charge is 0.396 e. The van der Waals surface area contributed by atoms with E-state index in [1.54, 1.807) is 0 Å². The average molecular weight is 187 g/mol. The van der Waals surface area contributed by atoms with Crippen LogP contribution in [0.2, 0.25) is 0 Å². The SMILES string of the molecule is CC(CO)CN[C@H]1CCCC[C@@H]1O. The van der Waals surface area contributed by atoms with Crippen molar-refractivity contribution in [2.24, 2.45) is 5.92 Å². The van der Waals surface area contributed by atoms with E-state index in [-0.39, 0.29) is 24.7 Å². The molecule has 1 saturated carbocycles. The van der Waals surface area contributed by atoms with Crippen molar-refractivity contribution >= 4 is 0 Å². The smallest absolute Gasteiger partial charge is 0.0693 e. The van der Waals surface area contributed by atoms with Gasteiger partial charge in [-0.05, 0) is 18.8 Å². The Bertz CT molecular complexity index is 141. The number of hydrogen-bond acceptors (Lipinski definition) is 3. The zero-order valence-electron chi connectivity index (χ0n) is 8.37. The summed E-state index contributed by atoms with van der Waals surface area (Å²) in [6.07, 6.45) is 4.17. The topological polar surface area (TPSA) is 52.5 Å². The van der Waals surface area contributed by atoms with Gasteiger partial charge in [0.1, 0.15) is 0 Å². The van der Waals surface area contributed by atoms with Crippen LogP contribution < -0.4 is 5.32 Å². The highest BCUT2D eigenvalue weighted by atomic mass is 16.3. The molecule has 3 N–H and O–H groups in total. The Balaban J connectivity index is 2.18. The molecule has 1 aliphatic rings. The van der Waals surface area contributed by atoms with Crippen LogP contribution in [0.5, 0.6) is 0 Å². The molecule has 0 aromatic heterocycles. The molecule has 0 aromatic rings. The average Bonchev–Trinajstić information content (AvgIpc) is 2.16. The molecule has 0 amide bonds. The summed E-state index contributed by atoms with van der Waals surface area (Å²) in [5, 5.41) is 21.8. The first-order chi connectivity index (χ1) is 6.24. The predicted octanol–water partition coefficient (Wildman–Crippen LogP) is 0.508. The molecule has 1 fully saturated rings. The summed E-state index contributed by atoms with van der Waals surface area (Å²) in [6.45, 7) is 3.02. The van der Waals surface area contributed by atoms with Crippen LogP contribution in [0.15, 0.2) is 0 Å². The summed E-state index contributed by atoms with van der Waals surface area (Å²) in [4.78, 5) is 0. The molecule has 3 atom stereocenters. The number of aliphatic hydroxyl groups excluding tert-OH is 2. The predicted molar refractivity (Wildman–Crippen MR) is 52.5 cm³/mol. The third kappa shape index (κ3) is 3.63. The highest BCUT2D eigenvalue weighted by molar-refractivity contribution is 4.80. The molecule has 13 heavy (non-hydrogen) atoms. The molecule has 78 valence electrons. The van der Waals surface area contributed by atoms with Gasteiger partial charge in [-0.15, -0.1) is 0 Å². The van der Waals surface area contributed by atoms with E-state index in [1.807, 2.05) is 6.92 Å². The van der Waals surface area contributed by atoms with E-state index in [1.165, 1.54) is 6.42 Å². The van der Waals surface area contributed by atoms with Gasteiger partial charge in [-0.25, -0.2) is 0 Å². The normalized spacial score (nSPS) is 31.6. The molecule has 0 aliphatic heterocycles. The monoisotopic (exact) mass is 187 g/mol. The van der Waals surface area contributed by atoms with Gasteiger partial charge in [0, 0.05) is 19.2 Å². The van der Waals surface area contributed by atoms with Crippen molar-refractivity contribution in [1.82, 2.24) is 5.32 Å². The number of rotatable bonds is 4. The van der Waals surface area contributed by atoms with Crippen molar-refractivity contribution in [2.75, 3.05) is 13.2 Å². The lowest BCUT2D eigenvalue weighted by Gasteiger charge is -2.29. The van der Waals surface area contributed by atoms with Crippen molar-refractivity contribution in [2.45, 2.75) is 44.8 Å². The van der Waals surface area contributed by atoms with Gasteiger partial charge < -0.3 is 15.5 Å². The first kappa shape index (κ1) is 11.0. The molecular weight excluding hydrogens is 166 g/mol. The lowest BCUT2D eigenvalue weighted by molar-refractivity contribution is 0.0870. The van der Waals surface area contributed by atoms with Crippen LogP contribution in [0.25, 0.3) is 0 Å². The van der Waals surface area contributed by atoms with Crippen molar-refractivity contribution in [3.05, 3.63) is 0 Å². The quantitative estimate of drug-likeness (QED) is 0.601. The van der Waals surface area contributed by atoms with Gasteiger partial charge >= 0.3 is 0 Å². The van der Waals surface area contributed by atoms with E-state index in [9.17, 15) is 5.11 Å². The maximum atomic E-state index is 9.63. The van der Waals surface area contributed by atoms with Crippen LogP contribution in [0.1, 0.15) is 32.6 Å². The maximum Gasteiger partial charge on any atom is 0.0693 e. The fraction of sp³-hybridized carbons (Fsp3) is 1.00. The second-order valence-corrected chi connectivity index (χ2v) is 4.15. The maximum absolute atomic E-state index is 9.63. The van der Waals surface area contributed by atoms with Crippen molar-refractivity contribution < 1.29 is 10.2 Å².